The first-order valence-electron chi connectivity index (χ1n) is 8.31. The molecule has 1 saturated carbocycles. The molecule has 0 aromatic carbocycles. The van der Waals surface area contributed by atoms with Crippen molar-refractivity contribution in [2.24, 2.45) is 5.92 Å². The van der Waals surface area contributed by atoms with E-state index >= 15 is 0 Å². The molecule has 21 heavy (non-hydrogen) atoms. The molecule has 1 aliphatic carbocycles. The van der Waals surface area contributed by atoms with Crippen molar-refractivity contribution >= 4 is 11.9 Å². The van der Waals surface area contributed by atoms with E-state index in [4.69, 9.17) is 0 Å². The lowest BCUT2D eigenvalue weighted by molar-refractivity contribution is -0.145. The van der Waals surface area contributed by atoms with Gasteiger partial charge in [0.25, 0.3) is 0 Å². The van der Waals surface area contributed by atoms with Crippen LogP contribution in [-0.4, -0.2) is 58.5 Å². The summed E-state index contributed by atoms with van der Waals surface area (Å²) in [4.78, 5) is 27.8. The highest BCUT2D eigenvalue weighted by Gasteiger charge is 2.38. The number of hydrogen-bond acceptors (Lipinski definition) is 3. The fourth-order valence-corrected chi connectivity index (χ4v) is 3.90. The summed E-state index contributed by atoms with van der Waals surface area (Å²) < 4.78 is 0. The molecule has 1 heterocycles. The predicted molar refractivity (Wildman–Crippen MR) is 81.0 cm³/mol. The fourth-order valence-electron chi connectivity index (χ4n) is 3.90. The second-order valence-corrected chi connectivity index (χ2v) is 6.49. The van der Waals surface area contributed by atoms with Gasteiger partial charge in [0.05, 0.1) is 6.54 Å². The average Bonchev–Trinajstić information content (AvgIpc) is 2.81. The molecule has 2 atom stereocenters. The fraction of sp³-hybridized carbons (Fsp3) is 0.875. The normalized spacial score (nSPS) is 27.7. The van der Waals surface area contributed by atoms with Crippen molar-refractivity contribution < 1.29 is 14.7 Å². The molecule has 0 spiro atoms. The quantitative estimate of drug-likeness (QED) is 0.842. The number of likely N-dealkylation sites (tertiary alicyclic amines) is 1. The summed E-state index contributed by atoms with van der Waals surface area (Å²) in [5.41, 5.74) is 0. The SMILES string of the molecule is CCN(C(=O)CN1CCC(C)C1C(=O)O)C1CCCCC1. The van der Waals surface area contributed by atoms with Crippen LogP contribution in [0.1, 0.15) is 52.4 Å². The largest absolute Gasteiger partial charge is 0.480 e. The van der Waals surface area contributed by atoms with E-state index in [-0.39, 0.29) is 18.4 Å². The zero-order valence-corrected chi connectivity index (χ0v) is 13.3. The molecule has 2 aliphatic rings. The third-order valence-electron chi connectivity index (χ3n) is 5.07. The molecule has 5 heteroatoms. The van der Waals surface area contributed by atoms with Crippen LogP contribution in [0.4, 0.5) is 0 Å². The second-order valence-electron chi connectivity index (χ2n) is 6.49. The standard InChI is InChI=1S/C16H28N2O3/c1-3-18(13-7-5-4-6-8-13)14(19)11-17-10-9-12(2)15(17)16(20)21/h12-13,15H,3-11H2,1-2H3,(H,20,21). The van der Waals surface area contributed by atoms with Crippen LogP contribution < -0.4 is 0 Å². The van der Waals surface area contributed by atoms with Gasteiger partial charge in [0.1, 0.15) is 6.04 Å². The zero-order chi connectivity index (χ0) is 15.4. The van der Waals surface area contributed by atoms with E-state index < -0.39 is 12.0 Å². The Kier molecular flexibility index (Phi) is 5.62. The van der Waals surface area contributed by atoms with Crippen molar-refractivity contribution in [3.63, 3.8) is 0 Å². The number of likely N-dealkylation sites (N-methyl/N-ethyl adjacent to an activating group) is 1. The van der Waals surface area contributed by atoms with Gasteiger partial charge in [-0.2, -0.15) is 0 Å². The Labute approximate surface area is 127 Å². The predicted octanol–water partition coefficient (Wildman–Crippen LogP) is 1.96. The van der Waals surface area contributed by atoms with Gasteiger partial charge in [-0.05, 0) is 38.6 Å². The minimum Gasteiger partial charge on any atom is -0.480 e. The Morgan fingerprint density at radius 2 is 1.86 bits per heavy atom. The number of carboxylic acid groups (broad SMARTS) is 1. The summed E-state index contributed by atoms with van der Waals surface area (Å²) in [5.74, 6) is -0.571. The lowest BCUT2D eigenvalue weighted by atomic mass is 9.94. The lowest BCUT2D eigenvalue weighted by Gasteiger charge is -2.35. The summed E-state index contributed by atoms with van der Waals surface area (Å²) in [7, 11) is 0. The molecule has 0 bridgehead atoms. The molecular weight excluding hydrogens is 268 g/mol. The Morgan fingerprint density at radius 3 is 2.43 bits per heavy atom. The van der Waals surface area contributed by atoms with Gasteiger partial charge in [-0.3, -0.25) is 14.5 Å². The third-order valence-corrected chi connectivity index (χ3v) is 5.07. The summed E-state index contributed by atoms with van der Waals surface area (Å²) in [6.07, 6.45) is 6.73. The molecule has 1 aliphatic heterocycles. The Hall–Kier alpha value is -1.10. The van der Waals surface area contributed by atoms with Gasteiger partial charge in [0.2, 0.25) is 5.91 Å². The Balaban J connectivity index is 1.97. The van der Waals surface area contributed by atoms with E-state index in [1.165, 1.54) is 19.3 Å². The minimum absolute atomic E-state index is 0.102. The van der Waals surface area contributed by atoms with Crippen molar-refractivity contribution in [1.29, 1.82) is 0 Å². The maximum atomic E-state index is 12.6. The molecule has 0 aromatic heterocycles. The number of carbonyl (C=O) groups is 2. The van der Waals surface area contributed by atoms with E-state index in [9.17, 15) is 14.7 Å². The minimum atomic E-state index is -0.798. The van der Waals surface area contributed by atoms with Crippen LogP contribution in [0.2, 0.25) is 0 Å². The summed E-state index contributed by atoms with van der Waals surface area (Å²) >= 11 is 0. The molecule has 5 nitrogen and oxygen atoms in total. The maximum absolute atomic E-state index is 12.6. The molecule has 1 saturated heterocycles. The number of hydrogen-bond donors (Lipinski definition) is 1. The number of amides is 1. The summed E-state index contributed by atoms with van der Waals surface area (Å²) in [5, 5.41) is 9.34. The maximum Gasteiger partial charge on any atom is 0.321 e. The molecule has 2 unspecified atom stereocenters. The van der Waals surface area contributed by atoms with Gasteiger partial charge in [-0.1, -0.05) is 26.2 Å². The van der Waals surface area contributed by atoms with Crippen molar-refractivity contribution in [2.75, 3.05) is 19.6 Å². The van der Waals surface area contributed by atoms with E-state index in [1.807, 2.05) is 23.6 Å². The van der Waals surface area contributed by atoms with E-state index in [2.05, 4.69) is 0 Å². The van der Waals surface area contributed by atoms with Crippen LogP contribution in [0.25, 0.3) is 0 Å². The number of carboxylic acids is 1. The summed E-state index contributed by atoms with van der Waals surface area (Å²) in [6.45, 7) is 5.68. The van der Waals surface area contributed by atoms with Gasteiger partial charge in [0, 0.05) is 12.6 Å². The Morgan fingerprint density at radius 1 is 1.19 bits per heavy atom. The van der Waals surface area contributed by atoms with Crippen LogP contribution in [0, 0.1) is 5.92 Å². The second kappa shape index (κ2) is 7.25. The van der Waals surface area contributed by atoms with Crippen LogP contribution in [0.3, 0.4) is 0 Å². The molecule has 2 rings (SSSR count). The first-order chi connectivity index (χ1) is 10.0. The summed E-state index contributed by atoms with van der Waals surface area (Å²) in [6, 6.07) is -0.140. The molecule has 120 valence electrons. The molecular formula is C16H28N2O3. The number of carbonyl (C=O) groups excluding carboxylic acids is 1. The van der Waals surface area contributed by atoms with Gasteiger partial charge in [-0.25, -0.2) is 0 Å². The monoisotopic (exact) mass is 296 g/mol. The highest BCUT2D eigenvalue weighted by atomic mass is 16.4. The topological polar surface area (TPSA) is 60.9 Å². The highest BCUT2D eigenvalue weighted by molar-refractivity contribution is 5.80. The van der Waals surface area contributed by atoms with Crippen LogP contribution >= 0.6 is 0 Å². The van der Waals surface area contributed by atoms with Crippen LogP contribution in [-0.2, 0) is 9.59 Å². The molecule has 1 N–H and O–H groups in total. The molecule has 0 aromatic rings. The van der Waals surface area contributed by atoms with Crippen molar-refractivity contribution in [1.82, 2.24) is 9.80 Å². The lowest BCUT2D eigenvalue weighted by Crippen LogP contribution is -2.49. The van der Waals surface area contributed by atoms with E-state index in [0.717, 1.165) is 25.8 Å². The zero-order valence-electron chi connectivity index (χ0n) is 13.3. The van der Waals surface area contributed by atoms with Gasteiger partial charge >= 0.3 is 5.97 Å². The van der Waals surface area contributed by atoms with Crippen LogP contribution in [0.15, 0.2) is 0 Å². The smallest absolute Gasteiger partial charge is 0.321 e. The van der Waals surface area contributed by atoms with Crippen LogP contribution in [0.5, 0.6) is 0 Å². The first-order valence-corrected chi connectivity index (χ1v) is 8.31. The van der Waals surface area contributed by atoms with Crippen molar-refractivity contribution in [2.45, 2.75) is 64.5 Å². The first kappa shape index (κ1) is 16.3. The van der Waals surface area contributed by atoms with Gasteiger partial charge < -0.3 is 10.0 Å². The molecule has 0 radical (unpaired) electrons. The average molecular weight is 296 g/mol. The van der Waals surface area contributed by atoms with Crippen molar-refractivity contribution in [3.8, 4) is 0 Å². The number of aliphatic carboxylic acids is 1. The molecule has 2 fully saturated rings. The highest BCUT2D eigenvalue weighted by Crippen LogP contribution is 2.26. The van der Waals surface area contributed by atoms with E-state index in [0.29, 0.717) is 12.6 Å². The van der Waals surface area contributed by atoms with Crippen molar-refractivity contribution in [3.05, 3.63) is 0 Å². The van der Waals surface area contributed by atoms with Gasteiger partial charge in [-0.15, -0.1) is 0 Å². The molecule has 1 amide bonds. The Bertz CT molecular complexity index is 380. The van der Waals surface area contributed by atoms with E-state index in [1.54, 1.807) is 0 Å². The number of rotatable bonds is 5. The third kappa shape index (κ3) is 3.76. The van der Waals surface area contributed by atoms with Gasteiger partial charge in [0.15, 0.2) is 0 Å². The number of nitrogens with zero attached hydrogens (tertiary/aromatic N) is 2.